The van der Waals surface area contributed by atoms with Crippen LogP contribution in [0.5, 0.6) is 17.2 Å². The van der Waals surface area contributed by atoms with Crippen molar-refractivity contribution in [2.75, 3.05) is 65.0 Å². The number of ether oxygens (including phenoxy) is 3. The number of nitrogens with zero attached hydrogens (tertiary/aromatic N) is 2. The summed E-state index contributed by atoms with van der Waals surface area (Å²) in [7, 11) is 3.30. The second kappa shape index (κ2) is 10.6. The third-order valence-electron chi connectivity index (χ3n) is 4.96. The summed E-state index contributed by atoms with van der Waals surface area (Å²) in [5, 5.41) is 2.92. The Balaban J connectivity index is 1.34. The lowest BCUT2D eigenvalue weighted by Crippen LogP contribution is -2.48. The summed E-state index contributed by atoms with van der Waals surface area (Å²) in [6.45, 7) is 5.21. The predicted molar refractivity (Wildman–Crippen MR) is 113 cm³/mol. The first kappa shape index (κ1) is 20.8. The fourth-order valence-electron chi connectivity index (χ4n) is 3.35. The molecule has 3 rings (SSSR count). The molecule has 7 nitrogen and oxygen atoms in total. The molecular weight excluding hydrogens is 370 g/mol. The van der Waals surface area contributed by atoms with Gasteiger partial charge in [-0.2, -0.15) is 0 Å². The molecule has 7 heteroatoms. The van der Waals surface area contributed by atoms with Crippen molar-refractivity contribution >= 4 is 11.6 Å². The van der Waals surface area contributed by atoms with E-state index in [-0.39, 0.29) is 12.5 Å². The van der Waals surface area contributed by atoms with E-state index in [2.05, 4.69) is 21.2 Å². The molecule has 0 unspecified atom stereocenters. The molecule has 29 heavy (non-hydrogen) atoms. The summed E-state index contributed by atoms with van der Waals surface area (Å²) in [5.41, 5.74) is 1.14. The molecule has 0 aromatic heterocycles. The molecule has 2 aromatic carbocycles. The SMILES string of the molecule is COc1cccc(OCC(=O)NCCN2CCN(c3ccccc3OC)CC2)c1. The first-order valence-electron chi connectivity index (χ1n) is 9.83. The van der Waals surface area contributed by atoms with Gasteiger partial charge in [-0.05, 0) is 24.3 Å². The maximum atomic E-state index is 12.0. The average Bonchev–Trinajstić information content (AvgIpc) is 2.78. The summed E-state index contributed by atoms with van der Waals surface area (Å²) >= 11 is 0. The molecule has 1 heterocycles. The number of nitrogens with one attached hydrogen (secondary N) is 1. The molecule has 1 amide bonds. The van der Waals surface area contributed by atoms with Crippen LogP contribution in [0.4, 0.5) is 5.69 Å². The summed E-state index contributed by atoms with van der Waals surface area (Å²) in [4.78, 5) is 16.7. The normalized spacial score (nSPS) is 14.3. The molecule has 1 fully saturated rings. The summed E-state index contributed by atoms with van der Waals surface area (Å²) in [5.74, 6) is 2.10. The van der Waals surface area contributed by atoms with E-state index in [4.69, 9.17) is 14.2 Å². The molecule has 1 aliphatic rings. The Hall–Kier alpha value is -2.93. The minimum absolute atomic E-state index is 0.00521. The number of rotatable bonds is 9. The minimum Gasteiger partial charge on any atom is -0.497 e. The van der Waals surface area contributed by atoms with Crippen LogP contribution in [0.3, 0.4) is 0 Å². The van der Waals surface area contributed by atoms with Crippen molar-refractivity contribution in [1.29, 1.82) is 0 Å². The van der Waals surface area contributed by atoms with Gasteiger partial charge >= 0.3 is 0 Å². The molecular formula is C22H29N3O4. The molecule has 0 atom stereocenters. The topological polar surface area (TPSA) is 63.3 Å². The predicted octanol–water partition coefficient (Wildman–Crippen LogP) is 2.02. The van der Waals surface area contributed by atoms with E-state index in [1.54, 1.807) is 26.4 Å². The summed E-state index contributed by atoms with van der Waals surface area (Å²) in [6.07, 6.45) is 0. The number of hydrogen-bond donors (Lipinski definition) is 1. The van der Waals surface area contributed by atoms with Crippen LogP contribution in [-0.2, 0) is 4.79 Å². The smallest absolute Gasteiger partial charge is 0.257 e. The largest absolute Gasteiger partial charge is 0.497 e. The van der Waals surface area contributed by atoms with Crippen molar-refractivity contribution < 1.29 is 19.0 Å². The zero-order chi connectivity index (χ0) is 20.5. The maximum Gasteiger partial charge on any atom is 0.257 e. The number of carbonyl (C=O) groups is 1. The van der Waals surface area contributed by atoms with Gasteiger partial charge in [-0.15, -0.1) is 0 Å². The van der Waals surface area contributed by atoms with E-state index < -0.39 is 0 Å². The van der Waals surface area contributed by atoms with E-state index in [1.807, 2.05) is 30.3 Å². The Morgan fingerprint density at radius 2 is 1.72 bits per heavy atom. The Morgan fingerprint density at radius 3 is 2.48 bits per heavy atom. The van der Waals surface area contributed by atoms with E-state index >= 15 is 0 Å². The Labute approximate surface area is 172 Å². The highest BCUT2D eigenvalue weighted by molar-refractivity contribution is 5.77. The highest BCUT2D eigenvalue weighted by atomic mass is 16.5. The number of benzene rings is 2. The first-order valence-corrected chi connectivity index (χ1v) is 9.83. The maximum absolute atomic E-state index is 12.0. The molecule has 0 saturated carbocycles. The van der Waals surface area contributed by atoms with Gasteiger partial charge in [-0.25, -0.2) is 0 Å². The Bertz CT molecular complexity index is 791. The van der Waals surface area contributed by atoms with Crippen LogP contribution < -0.4 is 24.4 Å². The standard InChI is InChI=1S/C22H29N3O4/c1-27-18-6-5-7-19(16-18)29-17-22(26)23-10-11-24-12-14-25(15-13-24)20-8-3-4-9-21(20)28-2/h3-9,16H,10-15,17H2,1-2H3,(H,23,26). The molecule has 0 bridgehead atoms. The zero-order valence-corrected chi connectivity index (χ0v) is 17.1. The quantitative estimate of drug-likeness (QED) is 0.696. The zero-order valence-electron chi connectivity index (χ0n) is 17.1. The number of anilines is 1. The molecule has 0 aliphatic carbocycles. The second-order valence-corrected chi connectivity index (χ2v) is 6.82. The van der Waals surface area contributed by atoms with Crippen molar-refractivity contribution in [1.82, 2.24) is 10.2 Å². The van der Waals surface area contributed by atoms with Crippen LogP contribution in [0.2, 0.25) is 0 Å². The van der Waals surface area contributed by atoms with Gasteiger partial charge in [-0.1, -0.05) is 18.2 Å². The number of methoxy groups -OCH3 is 2. The first-order chi connectivity index (χ1) is 14.2. The monoisotopic (exact) mass is 399 g/mol. The lowest BCUT2D eigenvalue weighted by atomic mass is 10.2. The van der Waals surface area contributed by atoms with Gasteiger partial charge in [-0.3, -0.25) is 9.69 Å². The van der Waals surface area contributed by atoms with Gasteiger partial charge in [0, 0.05) is 45.3 Å². The fourth-order valence-corrected chi connectivity index (χ4v) is 3.35. The van der Waals surface area contributed by atoms with Gasteiger partial charge in [0.2, 0.25) is 0 Å². The van der Waals surface area contributed by atoms with Crippen molar-refractivity contribution in [2.24, 2.45) is 0 Å². The van der Waals surface area contributed by atoms with Crippen molar-refractivity contribution in [3.05, 3.63) is 48.5 Å². The molecule has 0 radical (unpaired) electrons. The number of para-hydroxylation sites is 2. The molecule has 1 aliphatic heterocycles. The minimum atomic E-state index is -0.125. The fraction of sp³-hybridized carbons (Fsp3) is 0.409. The highest BCUT2D eigenvalue weighted by Gasteiger charge is 2.19. The van der Waals surface area contributed by atoms with E-state index in [9.17, 15) is 4.79 Å². The van der Waals surface area contributed by atoms with Crippen LogP contribution in [0, 0.1) is 0 Å². The second-order valence-electron chi connectivity index (χ2n) is 6.82. The lowest BCUT2D eigenvalue weighted by molar-refractivity contribution is -0.123. The van der Waals surface area contributed by atoms with Crippen LogP contribution in [-0.4, -0.2) is 70.9 Å². The van der Waals surface area contributed by atoms with E-state index in [0.717, 1.165) is 44.2 Å². The van der Waals surface area contributed by atoms with Gasteiger partial charge in [0.15, 0.2) is 6.61 Å². The molecule has 1 saturated heterocycles. The van der Waals surface area contributed by atoms with Gasteiger partial charge in [0.1, 0.15) is 17.2 Å². The molecule has 0 spiro atoms. The third kappa shape index (κ3) is 6.02. The van der Waals surface area contributed by atoms with Crippen LogP contribution in [0.1, 0.15) is 0 Å². The number of hydrogen-bond acceptors (Lipinski definition) is 6. The van der Waals surface area contributed by atoms with Gasteiger partial charge < -0.3 is 24.4 Å². The van der Waals surface area contributed by atoms with Crippen molar-refractivity contribution in [3.63, 3.8) is 0 Å². The van der Waals surface area contributed by atoms with E-state index in [0.29, 0.717) is 18.0 Å². The Kier molecular flexibility index (Phi) is 7.58. The van der Waals surface area contributed by atoms with Crippen molar-refractivity contribution in [3.8, 4) is 17.2 Å². The van der Waals surface area contributed by atoms with Crippen molar-refractivity contribution in [2.45, 2.75) is 0 Å². The van der Waals surface area contributed by atoms with Crippen LogP contribution >= 0.6 is 0 Å². The summed E-state index contributed by atoms with van der Waals surface area (Å²) in [6, 6.07) is 15.3. The number of piperazine rings is 1. The molecule has 2 aromatic rings. The van der Waals surface area contributed by atoms with Gasteiger partial charge in [0.05, 0.1) is 19.9 Å². The third-order valence-corrected chi connectivity index (χ3v) is 4.96. The molecule has 1 N–H and O–H groups in total. The van der Waals surface area contributed by atoms with Crippen LogP contribution in [0.25, 0.3) is 0 Å². The van der Waals surface area contributed by atoms with Gasteiger partial charge in [0.25, 0.3) is 5.91 Å². The van der Waals surface area contributed by atoms with Crippen LogP contribution in [0.15, 0.2) is 48.5 Å². The summed E-state index contributed by atoms with van der Waals surface area (Å²) < 4.78 is 16.1. The molecule has 156 valence electrons. The number of carbonyl (C=O) groups excluding carboxylic acids is 1. The highest BCUT2D eigenvalue weighted by Crippen LogP contribution is 2.28. The van der Waals surface area contributed by atoms with E-state index in [1.165, 1.54) is 0 Å². The lowest BCUT2D eigenvalue weighted by Gasteiger charge is -2.36. The number of amides is 1. The average molecular weight is 399 g/mol. The Morgan fingerprint density at radius 1 is 0.966 bits per heavy atom.